The Morgan fingerprint density at radius 3 is 3.06 bits per heavy atom. The Morgan fingerprint density at radius 1 is 1.62 bits per heavy atom. The number of carboxylic acids is 1. The molecule has 0 bridgehead atoms. The average Bonchev–Trinajstić information content (AvgIpc) is 2.84. The Hall–Kier alpha value is -1.47. The van der Waals surface area contributed by atoms with E-state index in [-0.39, 0.29) is 6.61 Å². The molecule has 0 radical (unpaired) electrons. The molecule has 0 amide bonds. The molecule has 0 saturated carbocycles. The number of carboxylic acid groups (broad SMARTS) is 1. The summed E-state index contributed by atoms with van der Waals surface area (Å²) in [6.45, 7) is 0.262. The van der Waals surface area contributed by atoms with Gasteiger partial charge in [-0.1, -0.05) is 5.16 Å². The molecule has 16 heavy (non-hydrogen) atoms. The summed E-state index contributed by atoms with van der Waals surface area (Å²) in [5, 5.41) is 12.4. The number of nitrogens with zero attached hydrogens (tertiary/aromatic N) is 2. The van der Waals surface area contributed by atoms with Crippen LogP contribution in [0, 0.1) is 0 Å². The van der Waals surface area contributed by atoms with E-state index in [9.17, 15) is 4.79 Å². The summed E-state index contributed by atoms with van der Waals surface area (Å²) in [6, 6.07) is 0. The highest BCUT2D eigenvalue weighted by atomic mass is 16.6. The van der Waals surface area contributed by atoms with Gasteiger partial charge in [-0.15, -0.1) is 0 Å². The molecule has 2 atom stereocenters. The third-order valence-electron chi connectivity index (χ3n) is 2.33. The zero-order chi connectivity index (χ0) is 11.5. The van der Waals surface area contributed by atoms with Crippen molar-refractivity contribution in [2.75, 3.05) is 7.11 Å². The number of ether oxygens (including phenoxy) is 2. The van der Waals surface area contributed by atoms with Gasteiger partial charge in [0.25, 0.3) is 5.89 Å². The lowest BCUT2D eigenvalue weighted by Gasteiger charge is -2.05. The molecule has 0 spiro atoms. The molecule has 2 rings (SSSR count). The normalized spacial score (nSPS) is 24.8. The van der Waals surface area contributed by atoms with E-state index < -0.39 is 18.2 Å². The van der Waals surface area contributed by atoms with Crippen LogP contribution in [-0.4, -0.2) is 34.4 Å². The highest BCUT2D eigenvalue weighted by molar-refractivity contribution is 5.72. The molecule has 2 unspecified atom stereocenters. The van der Waals surface area contributed by atoms with Crippen molar-refractivity contribution in [1.82, 2.24) is 10.1 Å². The minimum absolute atomic E-state index is 0.262. The van der Waals surface area contributed by atoms with Gasteiger partial charge < -0.3 is 19.1 Å². The van der Waals surface area contributed by atoms with Crippen molar-refractivity contribution in [3.05, 3.63) is 11.7 Å². The Balaban J connectivity index is 2.00. The molecule has 2 heterocycles. The van der Waals surface area contributed by atoms with Gasteiger partial charge in [0.05, 0.1) is 0 Å². The van der Waals surface area contributed by atoms with Crippen LogP contribution in [-0.2, 0) is 20.9 Å². The van der Waals surface area contributed by atoms with Gasteiger partial charge in [-0.3, -0.25) is 0 Å². The molecule has 0 aliphatic carbocycles. The summed E-state index contributed by atoms with van der Waals surface area (Å²) in [6.07, 6.45) is -0.157. The fourth-order valence-electron chi connectivity index (χ4n) is 1.59. The van der Waals surface area contributed by atoms with Crippen molar-refractivity contribution < 1.29 is 23.9 Å². The minimum atomic E-state index is -0.959. The number of hydrogen-bond acceptors (Lipinski definition) is 6. The topological polar surface area (TPSA) is 94.7 Å². The molecule has 1 N–H and O–H groups in total. The number of aliphatic carboxylic acids is 1. The molecule has 7 nitrogen and oxygen atoms in total. The standard InChI is InChI=1S/C9H12N2O5/c1-14-4-7-10-8(16-11-7)5-2-3-6(15-5)9(12)13/h5-6H,2-4H2,1H3,(H,12,13). The van der Waals surface area contributed by atoms with Crippen molar-refractivity contribution in [3.8, 4) is 0 Å². The Labute approximate surface area is 91.3 Å². The molecule has 1 saturated heterocycles. The Morgan fingerprint density at radius 2 is 2.44 bits per heavy atom. The number of aromatic nitrogens is 2. The molecule has 1 aliphatic rings. The van der Waals surface area contributed by atoms with Crippen LogP contribution in [0.1, 0.15) is 30.7 Å². The van der Waals surface area contributed by atoms with Gasteiger partial charge >= 0.3 is 5.97 Å². The fourth-order valence-corrected chi connectivity index (χ4v) is 1.59. The van der Waals surface area contributed by atoms with Crippen molar-refractivity contribution in [1.29, 1.82) is 0 Å². The zero-order valence-electron chi connectivity index (χ0n) is 8.75. The van der Waals surface area contributed by atoms with E-state index in [1.54, 1.807) is 0 Å². The lowest BCUT2D eigenvalue weighted by atomic mass is 10.2. The van der Waals surface area contributed by atoms with Crippen LogP contribution in [0.5, 0.6) is 0 Å². The summed E-state index contributed by atoms with van der Waals surface area (Å²) in [7, 11) is 1.53. The van der Waals surface area contributed by atoms with Crippen LogP contribution in [0.3, 0.4) is 0 Å². The van der Waals surface area contributed by atoms with E-state index in [1.165, 1.54) is 7.11 Å². The third kappa shape index (κ3) is 2.20. The maximum atomic E-state index is 10.7. The molecule has 7 heteroatoms. The lowest BCUT2D eigenvalue weighted by Crippen LogP contribution is -2.18. The van der Waals surface area contributed by atoms with E-state index >= 15 is 0 Å². The first-order valence-electron chi connectivity index (χ1n) is 4.90. The maximum absolute atomic E-state index is 10.7. The predicted molar refractivity (Wildman–Crippen MR) is 49.5 cm³/mol. The molecule has 1 aromatic rings. The molecule has 0 aromatic carbocycles. The second kappa shape index (κ2) is 4.58. The quantitative estimate of drug-likeness (QED) is 0.802. The first-order valence-corrected chi connectivity index (χ1v) is 4.90. The van der Waals surface area contributed by atoms with Crippen LogP contribution in [0.25, 0.3) is 0 Å². The van der Waals surface area contributed by atoms with Crippen LogP contribution in [0.2, 0.25) is 0 Å². The third-order valence-corrected chi connectivity index (χ3v) is 2.33. The van der Waals surface area contributed by atoms with E-state index in [2.05, 4.69) is 10.1 Å². The second-order valence-corrected chi connectivity index (χ2v) is 3.51. The van der Waals surface area contributed by atoms with E-state index in [0.29, 0.717) is 24.6 Å². The maximum Gasteiger partial charge on any atom is 0.332 e. The van der Waals surface area contributed by atoms with E-state index in [0.717, 1.165) is 0 Å². The van der Waals surface area contributed by atoms with Crippen molar-refractivity contribution in [2.24, 2.45) is 0 Å². The second-order valence-electron chi connectivity index (χ2n) is 3.51. The van der Waals surface area contributed by atoms with Crippen molar-refractivity contribution >= 4 is 5.97 Å². The molecular formula is C9H12N2O5. The number of hydrogen-bond donors (Lipinski definition) is 1. The molecule has 88 valence electrons. The van der Waals surface area contributed by atoms with Gasteiger partial charge in [-0.25, -0.2) is 4.79 Å². The monoisotopic (exact) mass is 228 g/mol. The van der Waals surface area contributed by atoms with E-state index in [1.807, 2.05) is 0 Å². The Kier molecular flexibility index (Phi) is 3.16. The van der Waals surface area contributed by atoms with Crippen molar-refractivity contribution in [3.63, 3.8) is 0 Å². The van der Waals surface area contributed by atoms with Crippen LogP contribution < -0.4 is 0 Å². The minimum Gasteiger partial charge on any atom is -0.479 e. The molecule has 1 aliphatic heterocycles. The summed E-state index contributed by atoms with van der Waals surface area (Å²) in [5.74, 6) is -0.213. The first kappa shape index (κ1) is 11.0. The molecular weight excluding hydrogens is 216 g/mol. The van der Waals surface area contributed by atoms with Crippen LogP contribution >= 0.6 is 0 Å². The highest BCUT2D eigenvalue weighted by Gasteiger charge is 2.34. The van der Waals surface area contributed by atoms with Gasteiger partial charge in [-0.05, 0) is 12.8 Å². The Bertz CT molecular complexity index is 378. The van der Waals surface area contributed by atoms with E-state index in [4.69, 9.17) is 19.1 Å². The zero-order valence-corrected chi connectivity index (χ0v) is 8.75. The largest absolute Gasteiger partial charge is 0.479 e. The average molecular weight is 228 g/mol. The van der Waals surface area contributed by atoms with Gasteiger partial charge in [0.15, 0.2) is 11.9 Å². The predicted octanol–water partition coefficient (Wildman–Crippen LogP) is 0.521. The lowest BCUT2D eigenvalue weighted by molar-refractivity contribution is -0.150. The summed E-state index contributed by atoms with van der Waals surface area (Å²) in [4.78, 5) is 14.7. The number of carbonyl (C=O) groups is 1. The summed E-state index contributed by atoms with van der Waals surface area (Å²) in [5.41, 5.74) is 0. The molecule has 1 aromatic heterocycles. The summed E-state index contributed by atoms with van der Waals surface area (Å²) >= 11 is 0. The van der Waals surface area contributed by atoms with Gasteiger partial charge in [0, 0.05) is 7.11 Å². The molecule has 1 fully saturated rings. The van der Waals surface area contributed by atoms with Crippen LogP contribution in [0.15, 0.2) is 4.52 Å². The smallest absolute Gasteiger partial charge is 0.332 e. The van der Waals surface area contributed by atoms with Gasteiger partial charge in [0.1, 0.15) is 12.7 Å². The van der Waals surface area contributed by atoms with Crippen LogP contribution in [0.4, 0.5) is 0 Å². The highest BCUT2D eigenvalue weighted by Crippen LogP contribution is 2.31. The van der Waals surface area contributed by atoms with Crippen molar-refractivity contribution in [2.45, 2.75) is 31.7 Å². The fraction of sp³-hybridized carbons (Fsp3) is 0.667. The summed E-state index contributed by atoms with van der Waals surface area (Å²) < 4.78 is 15.1. The van der Waals surface area contributed by atoms with Gasteiger partial charge in [0.2, 0.25) is 0 Å². The van der Waals surface area contributed by atoms with Gasteiger partial charge in [-0.2, -0.15) is 4.98 Å². The number of rotatable bonds is 4. The number of methoxy groups -OCH3 is 1. The SMILES string of the molecule is COCc1noc(C2CCC(C(=O)O)O2)n1. The first-order chi connectivity index (χ1) is 7.70.